The fourth-order valence-electron chi connectivity index (χ4n) is 7.00. The highest BCUT2D eigenvalue weighted by Crippen LogP contribution is 2.60. The van der Waals surface area contributed by atoms with Crippen molar-refractivity contribution in [2.24, 2.45) is 17.8 Å². The molecule has 0 amide bonds. The third-order valence-corrected chi connectivity index (χ3v) is 9.45. The van der Waals surface area contributed by atoms with Crippen LogP contribution in [0.25, 0.3) is 10.8 Å². The number of rotatable bonds is 5. The van der Waals surface area contributed by atoms with Crippen molar-refractivity contribution in [1.82, 2.24) is 14.8 Å². The van der Waals surface area contributed by atoms with Gasteiger partial charge in [-0.1, -0.05) is 23.7 Å². The minimum Gasteiger partial charge on any atom is -0.296 e. The van der Waals surface area contributed by atoms with Crippen LogP contribution in [0.15, 0.2) is 41.3 Å². The van der Waals surface area contributed by atoms with Gasteiger partial charge in [-0.3, -0.25) is 4.57 Å². The van der Waals surface area contributed by atoms with E-state index in [4.69, 9.17) is 11.6 Å². The number of nitrogens with one attached hydrogen (secondary N) is 1. The molecular formula is C24H27ClN4O2S. The van der Waals surface area contributed by atoms with E-state index in [1.165, 1.54) is 19.3 Å². The van der Waals surface area contributed by atoms with Crippen molar-refractivity contribution in [3.8, 4) is 0 Å². The van der Waals surface area contributed by atoms with E-state index in [-0.39, 0.29) is 10.3 Å². The van der Waals surface area contributed by atoms with Crippen LogP contribution in [0.5, 0.6) is 0 Å². The number of nitrogens with zero attached hydrogens (tertiary/aromatic N) is 3. The van der Waals surface area contributed by atoms with E-state index in [0.717, 1.165) is 53.6 Å². The number of anilines is 1. The summed E-state index contributed by atoms with van der Waals surface area (Å²) in [5.74, 6) is 3.65. The lowest BCUT2D eigenvalue weighted by molar-refractivity contribution is -0.0110. The van der Waals surface area contributed by atoms with E-state index >= 15 is 0 Å². The Balaban J connectivity index is 1.34. The van der Waals surface area contributed by atoms with Gasteiger partial charge >= 0.3 is 0 Å². The summed E-state index contributed by atoms with van der Waals surface area (Å²) in [6.45, 7) is 2.67. The van der Waals surface area contributed by atoms with Crippen LogP contribution in [0, 0.1) is 17.8 Å². The molecule has 2 aromatic carbocycles. The second-order valence-electron chi connectivity index (χ2n) is 10.0. The molecule has 4 bridgehead atoms. The Kier molecular flexibility index (Phi) is 4.60. The molecule has 32 heavy (non-hydrogen) atoms. The molecule has 6 nitrogen and oxygen atoms in total. The maximum absolute atomic E-state index is 13.2. The molecule has 8 heteroatoms. The van der Waals surface area contributed by atoms with E-state index in [9.17, 15) is 8.42 Å². The predicted molar refractivity (Wildman–Crippen MR) is 125 cm³/mol. The van der Waals surface area contributed by atoms with E-state index in [1.54, 1.807) is 24.3 Å². The Morgan fingerprint density at radius 1 is 1.00 bits per heavy atom. The van der Waals surface area contributed by atoms with Crippen molar-refractivity contribution in [3.05, 3.63) is 47.2 Å². The van der Waals surface area contributed by atoms with Crippen molar-refractivity contribution >= 4 is 38.3 Å². The lowest BCUT2D eigenvalue weighted by atomic mass is 9.49. The summed E-state index contributed by atoms with van der Waals surface area (Å²) >= 11 is 6.05. The first-order valence-corrected chi connectivity index (χ1v) is 13.4. The maximum atomic E-state index is 13.2. The van der Waals surface area contributed by atoms with Crippen LogP contribution in [0.1, 0.15) is 51.3 Å². The van der Waals surface area contributed by atoms with Gasteiger partial charge in [0, 0.05) is 17.0 Å². The standard InChI is InChI=1S/C24H27ClN4O2S/c1-2-29-22(24-12-15-7-16(13-24)9-17(8-15)14-24)26-27-23(29)28-32(30,31)21-6-4-18-10-20(25)5-3-19(18)11-21/h3-6,10-11,15-17H,2,7-9,12-14H2,1H3,(H,27,28). The van der Waals surface area contributed by atoms with Crippen molar-refractivity contribution in [3.63, 3.8) is 0 Å². The maximum Gasteiger partial charge on any atom is 0.264 e. The van der Waals surface area contributed by atoms with Gasteiger partial charge in [0.2, 0.25) is 5.95 Å². The highest BCUT2D eigenvalue weighted by atomic mass is 35.5. The minimum absolute atomic E-state index is 0.0592. The number of sulfonamides is 1. The minimum atomic E-state index is -3.80. The lowest BCUT2D eigenvalue weighted by Gasteiger charge is -2.56. The van der Waals surface area contributed by atoms with Gasteiger partial charge in [0.05, 0.1) is 4.90 Å². The average Bonchev–Trinajstić information content (AvgIpc) is 3.15. The van der Waals surface area contributed by atoms with Crippen LogP contribution in [0.4, 0.5) is 5.95 Å². The number of halogens is 1. The SMILES string of the molecule is CCn1c(NS(=O)(=O)c2ccc3cc(Cl)ccc3c2)nnc1C12CC3CC(CC(C3)C1)C2. The molecule has 1 heterocycles. The van der Waals surface area contributed by atoms with Gasteiger partial charge < -0.3 is 0 Å². The highest BCUT2D eigenvalue weighted by Gasteiger charge is 2.54. The van der Waals surface area contributed by atoms with Gasteiger partial charge in [0.25, 0.3) is 10.0 Å². The van der Waals surface area contributed by atoms with Crippen LogP contribution < -0.4 is 4.72 Å². The molecule has 1 N–H and O–H groups in total. The number of aromatic nitrogens is 3. The molecule has 0 unspecified atom stereocenters. The van der Waals surface area contributed by atoms with Crippen molar-refractivity contribution < 1.29 is 8.42 Å². The Morgan fingerprint density at radius 2 is 1.62 bits per heavy atom. The monoisotopic (exact) mass is 470 g/mol. The van der Waals surface area contributed by atoms with Crippen molar-refractivity contribution in [2.75, 3.05) is 4.72 Å². The second-order valence-corrected chi connectivity index (χ2v) is 12.2. The Morgan fingerprint density at radius 3 is 2.28 bits per heavy atom. The van der Waals surface area contributed by atoms with Crippen LogP contribution in [0.3, 0.4) is 0 Å². The molecule has 3 aromatic rings. The summed E-state index contributed by atoms with van der Waals surface area (Å²) in [7, 11) is -3.80. The average molecular weight is 471 g/mol. The Hall–Kier alpha value is -2.12. The van der Waals surface area contributed by atoms with Gasteiger partial charge in [0.1, 0.15) is 5.82 Å². The van der Waals surface area contributed by atoms with Crippen LogP contribution in [-0.4, -0.2) is 23.2 Å². The predicted octanol–water partition coefficient (Wildman–Crippen LogP) is 5.37. The van der Waals surface area contributed by atoms with Crippen LogP contribution in [-0.2, 0) is 22.0 Å². The molecule has 4 fully saturated rings. The second kappa shape index (κ2) is 7.19. The van der Waals surface area contributed by atoms with Gasteiger partial charge in [0.15, 0.2) is 0 Å². The zero-order valence-corrected chi connectivity index (χ0v) is 19.7. The zero-order chi connectivity index (χ0) is 22.1. The first kappa shape index (κ1) is 20.5. The van der Waals surface area contributed by atoms with Crippen molar-refractivity contribution in [1.29, 1.82) is 0 Å². The number of hydrogen-bond acceptors (Lipinski definition) is 4. The zero-order valence-electron chi connectivity index (χ0n) is 18.1. The lowest BCUT2D eigenvalue weighted by Crippen LogP contribution is -2.49. The third-order valence-electron chi connectivity index (χ3n) is 7.89. The molecule has 4 aliphatic rings. The normalized spacial score (nSPS) is 29.0. The number of fused-ring (bicyclic) bond motifs is 1. The number of hydrogen-bond donors (Lipinski definition) is 1. The van der Waals surface area contributed by atoms with Crippen LogP contribution in [0.2, 0.25) is 5.02 Å². The molecule has 0 spiro atoms. The van der Waals surface area contributed by atoms with E-state index < -0.39 is 10.0 Å². The molecule has 4 saturated carbocycles. The highest BCUT2D eigenvalue weighted by molar-refractivity contribution is 7.92. The topological polar surface area (TPSA) is 76.9 Å². The molecular weight excluding hydrogens is 444 g/mol. The fourth-order valence-corrected chi connectivity index (χ4v) is 8.21. The summed E-state index contributed by atoms with van der Waals surface area (Å²) in [4.78, 5) is 0.203. The quantitative estimate of drug-likeness (QED) is 0.543. The molecule has 4 aliphatic carbocycles. The van der Waals surface area contributed by atoms with Gasteiger partial charge in [-0.25, -0.2) is 13.1 Å². The Labute approximate surface area is 193 Å². The molecule has 168 valence electrons. The van der Waals surface area contributed by atoms with E-state index in [1.807, 2.05) is 23.6 Å². The Bertz CT molecular complexity index is 1280. The third kappa shape index (κ3) is 3.24. The molecule has 0 radical (unpaired) electrons. The number of benzene rings is 2. The molecule has 1 aromatic heterocycles. The van der Waals surface area contributed by atoms with Crippen molar-refractivity contribution in [2.45, 2.75) is 62.3 Å². The molecule has 0 atom stereocenters. The first-order chi connectivity index (χ1) is 15.3. The largest absolute Gasteiger partial charge is 0.296 e. The molecule has 0 aliphatic heterocycles. The molecule has 0 saturated heterocycles. The van der Waals surface area contributed by atoms with Gasteiger partial charge in [-0.2, -0.15) is 0 Å². The van der Waals surface area contributed by atoms with Crippen LogP contribution >= 0.6 is 11.6 Å². The summed E-state index contributed by atoms with van der Waals surface area (Å²) in [6.07, 6.45) is 7.55. The summed E-state index contributed by atoms with van der Waals surface area (Å²) in [5, 5.41) is 11.3. The van der Waals surface area contributed by atoms with E-state index in [0.29, 0.717) is 17.5 Å². The van der Waals surface area contributed by atoms with Gasteiger partial charge in [-0.05, 0) is 98.2 Å². The smallest absolute Gasteiger partial charge is 0.264 e. The van der Waals surface area contributed by atoms with E-state index in [2.05, 4.69) is 14.9 Å². The fraction of sp³-hybridized carbons (Fsp3) is 0.500. The van der Waals surface area contributed by atoms with Gasteiger partial charge in [-0.15, -0.1) is 10.2 Å². The summed E-state index contributed by atoms with van der Waals surface area (Å²) in [5.41, 5.74) is 0.0592. The molecule has 7 rings (SSSR count). The summed E-state index contributed by atoms with van der Waals surface area (Å²) < 4.78 is 31.1. The summed E-state index contributed by atoms with van der Waals surface area (Å²) in [6, 6.07) is 10.5. The first-order valence-electron chi connectivity index (χ1n) is 11.5.